The minimum Gasteiger partial charge on any atom is -0.344 e. The van der Waals surface area contributed by atoms with Gasteiger partial charge < -0.3 is 9.80 Å². The van der Waals surface area contributed by atoms with E-state index in [1.54, 1.807) is 34.9 Å². The summed E-state index contributed by atoms with van der Waals surface area (Å²) in [5.41, 5.74) is 0.936. The van der Waals surface area contributed by atoms with Crippen molar-refractivity contribution in [3.8, 4) is 0 Å². The van der Waals surface area contributed by atoms with Crippen molar-refractivity contribution in [2.24, 2.45) is 0 Å². The van der Waals surface area contributed by atoms with Crippen LogP contribution in [0, 0.1) is 0 Å². The summed E-state index contributed by atoms with van der Waals surface area (Å²) in [5.74, 6) is 0.0649. The molecule has 1 aliphatic rings. The minimum absolute atomic E-state index is 0.0649. The van der Waals surface area contributed by atoms with Crippen molar-refractivity contribution in [2.45, 2.75) is 0 Å². The van der Waals surface area contributed by atoms with E-state index < -0.39 is 0 Å². The second-order valence-electron chi connectivity index (χ2n) is 5.61. The summed E-state index contributed by atoms with van der Waals surface area (Å²) in [6, 6.07) is 7.87. The number of fused-ring (bicyclic) bond motifs is 1. The number of rotatable bonds is 3. The van der Waals surface area contributed by atoms with Crippen LogP contribution in [0.4, 0.5) is 5.13 Å². The Labute approximate surface area is 161 Å². The summed E-state index contributed by atoms with van der Waals surface area (Å²) in [4.78, 5) is 27.5. The normalized spacial score (nSPS) is 15.4. The van der Waals surface area contributed by atoms with Gasteiger partial charge in [0.15, 0.2) is 5.13 Å². The number of hydrogen-bond acceptors (Lipinski definition) is 6. The molecule has 3 aromatic heterocycles. The highest BCUT2D eigenvalue weighted by Crippen LogP contribution is 2.27. The third kappa shape index (κ3) is 3.75. The van der Waals surface area contributed by atoms with Crippen molar-refractivity contribution in [1.29, 1.82) is 0 Å². The summed E-state index contributed by atoms with van der Waals surface area (Å²) in [6.07, 6.45) is 5.33. The number of carbonyl (C=O) groups excluding carboxylic acids is 1. The van der Waals surface area contributed by atoms with E-state index in [9.17, 15) is 4.79 Å². The number of thiazole rings is 1. The number of nitrogens with zero attached hydrogens (tertiary/aromatic N) is 4. The molecule has 8 heteroatoms. The standard InChI is InChI=1S/C17H15BrN4OS2/c18-14-5-3-12(24-14)4-6-15(23)21-8-10-22(11-9-21)17-20-13-2-1-7-19-16(13)25-17/h1-7H,8-11H2/b6-4+. The fourth-order valence-electron chi connectivity index (χ4n) is 2.69. The van der Waals surface area contributed by atoms with Gasteiger partial charge in [-0.2, -0.15) is 0 Å². The van der Waals surface area contributed by atoms with Gasteiger partial charge >= 0.3 is 0 Å². The Morgan fingerprint density at radius 1 is 1.16 bits per heavy atom. The van der Waals surface area contributed by atoms with Gasteiger partial charge in [0.05, 0.1) is 3.79 Å². The number of hydrogen-bond donors (Lipinski definition) is 0. The maximum absolute atomic E-state index is 12.4. The molecule has 1 aliphatic heterocycles. The lowest BCUT2D eigenvalue weighted by Gasteiger charge is -2.34. The van der Waals surface area contributed by atoms with Crippen molar-refractivity contribution in [3.05, 3.63) is 45.2 Å². The zero-order chi connectivity index (χ0) is 17.2. The van der Waals surface area contributed by atoms with E-state index >= 15 is 0 Å². The van der Waals surface area contributed by atoms with E-state index in [0.29, 0.717) is 13.1 Å². The van der Waals surface area contributed by atoms with Crippen molar-refractivity contribution in [3.63, 3.8) is 0 Å². The van der Waals surface area contributed by atoms with Crippen LogP contribution in [0.5, 0.6) is 0 Å². The summed E-state index contributed by atoms with van der Waals surface area (Å²) in [6.45, 7) is 3.01. The van der Waals surface area contributed by atoms with Crippen LogP contribution in [-0.4, -0.2) is 47.0 Å². The highest BCUT2D eigenvalue weighted by atomic mass is 79.9. The number of piperazine rings is 1. The Hall–Kier alpha value is -1.77. The van der Waals surface area contributed by atoms with Crippen molar-refractivity contribution in [1.82, 2.24) is 14.9 Å². The number of thiophene rings is 1. The monoisotopic (exact) mass is 434 g/mol. The fourth-order valence-corrected chi connectivity index (χ4v) is 4.98. The van der Waals surface area contributed by atoms with Gasteiger partial charge in [-0.1, -0.05) is 11.3 Å². The van der Waals surface area contributed by atoms with E-state index in [-0.39, 0.29) is 5.91 Å². The number of pyridine rings is 1. The topological polar surface area (TPSA) is 49.3 Å². The quantitative estimate of drug-likeness (QED) is 0.586. The van der Waals surface area contributed by atoms with E-state index in [4.69, 9.17) is 0 Å². The third-order valence-corrected chi connectivity index (χ3v) is 6.63. The SMILES string of the molecule is O=C(/C=C/c1ccc(Br)s1)N1CCN(c2nc3cccnc3s2)CC1. The molecule has 0 saturated carbocycles. The third-order valence-electron chi connectivity index (χ3n) is 4.00. The Balaban J connectivity index is 1.37. The first-order valence-electron chi connectivity index (χ1n) is 7.88. The maximum atomic E-state index is 12.4. The van der Waals surface area contributed by atoms with Crippen LogP contribution in [0.15, 0.2) is 40.3 Å². The summed E-state index contributed by atoms with van der Waals surface area (Å²) < 4.78 is 1.07. The molecule has 0 spiro atoms. The molecule has 1 saturated heterocycles. The fraction of sp³-hybridized carbons (Fsp3) is 0.235. The van der Waals surface area contributed by atoms with Crippen molar-refractivity contribution >= 4 is 66.1 Å². The molecule has 1 amide bonds. The molecule has 0 unspecified atom stereocenters. The van der Waals surface area contributed by atoms with Gasteiger partial charge in [-0.15, -0.1) is 11.3 Å². The Morgan fingerprint density at radius 3 is 2.72 bits per heavy atom. The first-order valence-corrected chi connectivity index (χ1v) is 10.3. The van der Waals surface area contributed by atoms with Gasteiger partial charge in [0, 0.05) is 43.3 Å². The van der Waals surface area contributed by atoms with Crippen LogP contribution < -0.4 is 4.90 Å². The van der Waals surface area contributed by atoms with Gasteiger partial charge in [-0.3, -0.25) is 4.79 Å². The molecule has 4 rings (SSSR count). The lowest BCUT2D eigenvalue weighted by Crippen LogP contribution is -2.48. The zero-order valence-electron chi connectivity index (χ0n) is 13.3. The van der Waals surface area contributed by atoms with Crippen molar-refractivity contribution in [2.75, 3.05) is 31.1 Å². The van der Waals surface area contributed by atoms with Gasteiger partial charge in [-0.25, -0.2) is 9.97 Å². The molecule has 0 bridgehead atoms. The zero-order valence-corrected chi connectivity index (χ0v) is 16.5. The average molecular weight is 435 g/mol. The molecule has 0 aromatic carbocycles. The van der Waals surface area contributed by atoms with Gasteiger partial charge in [0.2, 0.25) is 5.91 Å². The van der Waals surface area contributed by atoms with Crippen LogP contribution in [0.3, 0.4) is 0 Å². The molecule has 128 valence electrons. The van der Waals surface area contributed by atoms with Crippen molar-refractivity contribution < 1.29 is 4.79 Å². The molecule has 5 nitrogen and oxygen atoms in total. The van der Waals surface area contributed by atoms with E-state index in [0.717, 1.165) is 37.2 Å². The molecular formula is C17H15BrN4OS2. The molecule has 1 fully saturated rings. The van der Waals surface area contributed by atoms with Crippen LogP contribution in [0.25, 0.3) is 16.4 Å². The van der Waals surface area contributed by atoms with Gasteiger partial charge in [0.25, 0.3) is 0 Å². The molecule has 0 atom stereocenters. The number of amides is 1. The van der Waals surface area contributed by atoms with Gasteiger partial charge in [0.1, 0.15) is 10.3 Å². The van der Waals surface area contributed by atoms with Crippen LogP contribution >= 0.6 is 38.6 Å². The number of anilines is 1. The predicted octanol–water partition coefficient (Wildman–Crippen LogP) is 3.88. The Morgan fingerprint density at radius 2 is 2.00 bits per heavy atom. The highest BCUT2D eigenvalue weighted by Gasteiger charge is 2.22. The minimum atomic E-state index is 0.0649. The molecule has 0 aliphatic carbocycles. The van der Waals surface area contributed by atoms with Gasteiger partial charge in [-0.05, 0) is 46.3 Å². The van der Waals surface area contributed by atoms with Crippen LogP contribution in [0.2, 0.25) is 0 Å². The molecule has 4 heterocycles. The van der Waals surface area contributed by atoms with E-state index in [2.05, 4.69) is 30.8 Å². The smallest absolute Gasteiger partial charge is 0.246 e. The molecular weight excluding hydrogens is 420 g/mol. The van der Waals surface area contributed by atoms with Crippen LogP contribution in [-0.2, 0) is 4.79 Å². The predicted molar refractivity (Wildman–Crippen MR) is 107 cm³/mol. The van der Waals surface area contributed by atoms with E-state index in [1.807, 2.05) is 35.2 Å². The summed E-state index contributed by atoms with van der Waals surface area (Å²) in [7, 11) is 0. The first kappa shape index (κ1) is 16.7. The lowest BCUT2D eigenvalue weighted by atomic mass is 10.3. The maximum Gasteiger partial charge on any atom is 0.246 e. The second kappa shape index (κ2) is 7.23. The molecule has 3 aromatic rings. The first-order chi connectivity index (χ1) is 12.2. The number of halogens is 1. The number of aromatic nitrogens is 2. The summed E-state index contributed by atoms with van der Waals surface area (Å²) >= 11 is 6.65. The average Bonchev–Trinajstić information content (AvgIpc) is 3.25. The summed E-state index contributed by atoms with van der Waals surface area (Å²) in [5, 5.41) is 0.986. The molecule has 0 N–H and O–H groups in total. The van der Waals surface area contributed by atoms with Crippen LogP contribution in [0.1, 0.15) is 4.88 Å². The Bertz CT molecular complexity index is 895. The number of carbonyl (C=O) groups is 1. The van der Waals surface area contributed by atoms with E-state index in [1.165, 1.54) is 0 Å². The largest absolute Gasteiger partial charge is 0.344 e. The second-order valence-corrected chi connectivity index (χ2v) is 9.06. The highest BCUT2D eigenvalue weighted by molar-refractivity contribution is 9.11. The Kier molecular flexibility index (Phi) is 4.82. The molecule has 0 radical (unpaired) electrons. The molecule has 25 heavy (non-hydrogen) atoms. The lowest BCUT2D eigenvalue weighted by molar-refractivity contribution is -0.126.